The van der Waals surface area contributed by atoms with Crippen LogP contribution in [-0.2, 0) is 13.6 Å². The molecule has 1 heterocycles. The molecule has 5 nitrogen and oxygen atoms in total. The minimum absolute atomic E-state index is 0.649. The van der Waals surface area contributed by atoms with Gasteiger partial charge in [0.25, 0.3) is 0 Å². The van der Waals surface area contributed by atoms with Crippen LogP contribution in [0.1, 0.15) is 5.56 Å². The highest BCUT2D eigenvalue weighted by molar-refractivity contribution is 5.62. The van der Waals surface area contributed by atoms with Crippen LogP contribution in [0.15, 0.2) is 30.6 Å². The van der Waals surface area contributed by atoms with E-state index in [9.17, 15) is 0 Å². The van der Waals surface area contributed by atoms with Gasteiger partial charge in [-0.3, -0.25) is 4.68 Å². The van der Waals surface area contributed by atoms with Crippen molar-refractivity contribution in [3.8, 4) is 5.75 Å². The number of hydrogen-bond donors (Lipinski definition) is 1. The van der Waals surface area contributed by atoms with Crippen molar-refractivity contribution in [1.82, 2.24) is 9.78 Å². The van der Waals surface area contributed by atoms with E-state index in [4.69, 9.17) is 10.5 Å². The standard InChI is InChI=1S/C13H18N4O/c1-16(8-10-7-15-17(2)9-10)11-4-5-12(14)13(6-11)18-3/h4-7,9H,8,14H2,1-3H3. The maximum Gasteiger partial charge on any atom is 0.143 e. The van der Waals surface area contributed by atoms with Gasteiger partial charge in [-0.2, -0.15) is 5.10 Å². The van der Waals surface area contributed by atoms with Crippen LogP contribution in [0.25, 0.3) is 0 Å². The van der Waals surface area contributed by atoms with E-state index < -0.39 is 0 Å². The molecule has 0 unspecified atom stereocenters. The fourth-order valence-electron chi connectivity index (χ4n) is 1.86. The van der Waals surface area contributed by atoms with E-state index in [1.54, 1.807) is 11.8 Å². The quantitative estimate of drug-likeness (QED) is 0.833. The summed E-state index contributed by atoms with van der Waals surface area (Å²) in [5.41, 5.74) is 8.67. The van der Waals surface area contributed by atoms with Crippen LogP contribution in [0.2, 0.25) is 0 Å². The average Bonchev–Trinajstić information content (AvgIpc) is 2.75. The van der Waals surface area contributed by atoms with Gasteiger partial charge in [0.1, 0.15) is 5.75 Å². The number of nitrogen functional groups attached to an aromatic ring is 1. The molecule has 0 aliphatic carbocycles. The Balaban J connectivity index is 2.15. The van der Waals surface area contributed by atoms with Crippen molar-refractivity contribution in [3.63, 3.8) is 0 Å². The SMILES string of the molecule is COc1cc(N(C)Cc2cnn(C)c2)ccc1N. The molecule has 2 N–H and O–H groups in total. The summed E-state index contributed by atoms with van der Waals surface area (Å²) in [4.78, 5) is 2.12. The van der Waals surface area contributed by atoms with Gasteiger partial charge >= 0.3 is 0 Å². The van der Waals surface area contributed by atoms with E-state index in [2.05, 4.69) is 10.00 Å². The van der Waals surface area contributed by atoms with E-state index >= 15 is 0 Å². The second-order valence-corrected chi connectivity index (χ2v) is 4.30. The van der Waals surface area contributed by atoms with E-state index in [1.807, 2.05) is 44.7 Å². The highest BCUT2D eigenvalue weighted by atomic mass is 16.5. The van der Waals surface area contributed by atoms with Gasteiger partial charge in [0.15, 0.2) is 0 Å². The molecule has 0 aliphatic heterocycles. The van der Waals surface area contributed by atoms with Crippen LogP contribution in [-0.4, -0.2) is 23.9 Å². The molecule has 0 amide bonds. The number of benzene rings is 1. The van der Waals surface area contributed by atoms with E-state index in [-0.39, 0.29) is 0 Å². The number of hydrogen-bond acceptors (Lipinski definition) is 4. The molecule has 1 aromatic carbocycles. The molecule has 0 aliphatic rings. The second kappa shape index (κ2) is 5.00. The van der Waals surface area contributed by atoms with Crippen LogP contribution in [0, 0.1) is 0 Å². The number of aryl methyl sites for hydroxylation is 1. The van der Waals surface area contributed by atoms with Crippen LogP contribution < -0.4 is 15.4 Å². The molecule has 0 saturated carbocycles. The molecule has 96 valence electrons. The third kappa shape index (κ3) is 2.56. The number of anilines is 2. The number of nitrogens with zero attached hydrogens (tertiary/aromatic N) is 3. The third-order valence-corrected chi connectivity index (χ3v) is 2.84. The Kier molecular flexibility index (Phi) is 3.41. The summed E-state index contributed by atoms with van der Waals surface area (Å²) in [7, 11) is 5.56. The van der Waals surface area contributed by atoms with Crippen molar-refractivity contribution in [3.05, 3.63) is 36.2 Å². The predicted octanol–water partition coefficient (Wildman–Crippen LogP) is 1.65. The van der Waals surface area contributed by atoms with Crippen molar-refractivity contribution in [1.29, 1.82) is 0 Å². The van der Waals surface area contributed by atoms with Crippen LogP contribution in [0.5, 0.6) is 5.75 Å². The van der Waals surface area contributed by atoms with Gasteiger partial charge in [-0.05, 0) is 12.1 Å². The molecular weight excluding hydrogens is 228 g/mol. The van der Waals surface area contributed by atoms with Gasteiger partial charge in [0.05, 0.1) is 19.0 Å². The average molecular weight is 246 g/mol. The minimum Gasteiger partial charge on any atom is -0.495 e. The van der Waals surface area contributed by atoms with Crippen LogP contribution in [0.4, 0.5) is 11.4 Å². The Morgan fingerprint density at radius 3 is 2.83 bits per heavy atom. The first-order valence-corrected chi connectivity index (χ1v) is 5.72. The summed E-state index contributed by atoms with van der Waals surface area (Å²) < 4.78 is 7.02. The molecule has 0 spiro atoms. The van der Waals surface area contributed by atoms with Gasteiger partial charge in [-0.1, -0.05) is 0 Å². The molecule has 0 atom stereocenters. The van der Waals surface area contributed by atoms with Crippen molar-refractivity contribution in [2.75, 3.05) is 24.8 Å². The number of methoxy groups -OCH3 is 1. The van der Waals surface area contributed by atoms with Gasteiger partial charge in [-0.15, -0.1) is 0 Å². The smallest absolute Gasteiger partial charge is 0.143 e. The lowest BCUT2D eigenvalue weighted by molar-refractivity contribution is 0.417. The number of nitrogens with two attached hydrogens (primary N) is 1. The topological polar surface area (TPSA) is 56.3 Å². The zero-order valence-corrected chi connectivity index (χ0v) is 10.9. The zero-order chi connectivity index (χ0) is 13.1. The minimum atomic E-state index is 0.649. The zero-order valence-electron chi connectivity index (χ0n) is 10.9. The largest absolute Gasteiger partial charge is 0.495 e. The normalized spacial score (nSPS) is 10.4. The summed E-state index contributed by atoms with van der Waals surface area (Å²) in [6.45, 7) is 0.793. The van der Waals surface area contributed by atoms with E-state index in [1.165, 1.54) is 0 Å². The van der Waals surface area contributed by atoms with Gasteiger partial charge in [0, 0.05) is 44.2 Å². The Morgan fingerprint density at radius 1 is 1.44 bits per heavy atom. The summed E-state index contributed by atoms with van der Waals surface area (Å²) in [6, 6.07) is 5.77. The summed E-state index contributed by atoms with van der Waals surface area (Å²) in [5.74, 6) is 0.700. The molecule has 1 aromatic heterocycles. The molecule has 0 radical (unpaired) electrons. The molecule has 2 aromatic rings. The monoisotopic (exact) mass is 246 g/mol. The highest BCUT2D eigenvalue weighted by Crippen LogP contribution is 2.27. The molecule has 0 saturated heterocycles. The third-order valence-electron chi connectivity index (χ3n) is 2.84. The molecular formula is C13H18N4O. The number of aromatic nitrogens is 2. The van der Waals surface area contributed by atoms with Gasteiger partial charge in [0.2, 0.25) is 0 Å². The number of rotatable bonds is 4. The fraction of sp³-hybridized carbons (Fsp3) is 0.308. The van der Waals surface area contributed by atoms with Crippen LogP contribution in [0.3, 0.4) is 0 Å². The molecule has 0 fully saturated rings. The van der Waals surface area contributed by atoms with Crippen molar-refractivity contribution in [2.45, 2.75) is 6.54 Å². The summed E-state index contributed by atoms with van der Waals surface area (Å²) in [5, 5.41) is 4.16. The van der Waals surface area contributed by atoms with Crippen molar-refractivity contribution < 1.29 is 4.74 Å². The van der Waals surface area contributed by atoms with Crippen LogP contribution >= 0.6 is 0 Å². The van der Waals surface area contributed by atoms with Crippen molar-refractivity contribution >= 4 is 11.4 Å². The predicted molar refractivity (Wildman–Crippen MR) is 72.7 cm³/mol. The Morgan fingerprint density at radius 2 is 2.22 bits per heavy atom. The highest BCUT2D eigenvalue weighted by Gasteiger charge is 2.07. The first-order valence-electron chi connectivity index (χ1n) is 5.72. The van der Waals surface area contributed by atoms with Crippen molar-refractivity contribution in [2.24, 2.45) is 7.05 Å². The fourth-order valence-corrected chi connectivity index (χ4v) is 1.86. The lowest BCUT2D eigenvalue weighted by atomic mass is 10.2. The lowest BCUT2D eigenvalue weighted by Gasteiger charge is -2.19. The first kappa shape index (κ1) is 12.3. The molecule has 0 bridgehead atoms. The maximum atomic E-state index is 5.80. The summed E-state index contributed by atoms with van der Waals surface area (Å²) in [6.07, 6.45) is 3.87. The van der Waals surface area contributed by atoms with E-state index in [0.29, 0.717) is 11.4 Å². The Bertz CT molecular complexity index is 536. The maximum absolute atomic E-state index is 5.80. The lowest BCUT2D eigenvalue weighted by Crippen LogP contribution is -2.16. The molecule has 5 heteroatoms. The Labute approximate surface area is 107 Å². The molecule has 2 rings (SSSR count). The summed E-state index contributed by atoms with van der Waals surface area (Å²) >= 11 is 0. The Hall–Kier alpha value is -2.17. The second-order valence-electron chi connectivity index (χ2n) is 4.30. The van der Waals surface area contributed by atoms with Gasteiger partial charge < -0.3 is 15.4 Å². The van der Waals surface area contributed by atoms with Gasteiger partial charge in [-0.25, -0.2) is 0 Å². The molecule has 18 heavy (non-hydrogen) atoms. The number of ether oxygens (including phenoxy) is 1. The van der Waals surface area contributed by atoms with E-state index in [0.717, 1.165) is 17.8 Å². The first-order chi connectivity index (χ1) is 8.60.